The fourth-order valence-electron chi connectivity index (χ4n) is 1.87. The lowest BCUT2D eigenvalue weighted by atomic mass is 9.98. The molecule has 0 aliphatic rings. The molecular weight excluding hydrogens is 266 g/mol. The summed E-state index contributed by atoms with van der Waals surface area (Å²) in [6.45, 7) is 6.80. The van der Waals surface area contributed by atoms with Gasteiger partial charge in [0.2, 0.25) is 0 Å². The summed E-state index contributed by atoms with van der Waals surface area (Å²) in [5.41, 5.74) is 0.241. The molecule has 1 heteroatoms. The zero-order valence-corrected chi connectivity index (χ0v) is 13.5. The molecule has 0 heterocycles. The monoisotopic (exact) mass is 298 g/mol. The van der Waals surface area contributed by atoms with Gasteiger partial charge in [-0.3, -0.25) is 4.90 Å². The average molecular weight is 298 g/mol. The minimum atomic E-state index is -0.437. The molecule has 0 aliphatic carbocycles. The van der Waals surface area contributed by atoms with Crippen molar-refractivity contribution in [1.29, 1.82) is 0 Å². The molecule has 1 nitrogen and oxygen atoms in total. The first-order valence-electron chi connectivity index (χ1n) is 10.7. The summed E-state index contributed by atoms with van der Waals surface area (Å²) in [6.07, 6.45) is 3.64. The van der Waals surface area contributed by atoms with Crippen molar-refractivity contribution in [3.63, 3.8) is 0 Å². The quantitative estimate of drug-likeness (QED) is 0.727. The number of allylic oxidation sites excluding steroid dienone is 1. The van der Waals surface area contributed by atoms with Crippen molar-refractivity contribution in [1.82, 2.24) is 4.90 Å². The largest absolute Gasteiger partial charge is 0.298 e. The molecule has 0 spiro atoms. The van der Waals surface area contributed by atoms with Gasteiger partial charge in [0, 0.05) is 18.5 Å². The van der Waals surface area contributed by atoms with Crippen LogP contribution in [0.3, 0.4) is 0 Å². The van der Waals surface area contributed by atoms with Gasteiger partial charge in [0.15, 0.2) is 0 Å². The molecule has 0 bridgehead atoms. The van der Waals surface area contributed by atoms with E-state index in [4.69, 9.17) is 9.60 Å². The Hall–Kier alpha value is -2.04. The lowest BCUT2D eigenvalue weighted by molar-refractivity contribution is 0.365. The molecule has 0 aliphatic heterocycles. The Morgan fingerprint density at radius 3 is 2.64 bits per heavy atom. The van der Waals surface area contributed by atoms with E-state index in [0.717, 1.165) is 0 Å². The van der Waals surface area contributed by atoms with E-state index in [1.165, 1.54) is 0 Å². The second-order valence-corrected chi connectivity index (χ2v) is 6.22. The van der Waals surface area contributed by atoms with Crippen LogP contribution in [0.1, 0.15) is 35.9 Å². The molecule has 22 heavy (non-hydrogen) atoms. The van der Waals surface area contributed by atoms with Crippen LogP contribution >= 0.6 is 0 Å². The highest BCUT2D eigenvalue weighted by Crippen LogP contribution is 2.19. The smallest absolute Gasteiger partial charge is 0.0629 e. The first-order chi connectivity index (χ1) is 13.4. The first kappa shape index (κ1) is 9.18. The van der Waals surface area contributed by atoms with E-state index in [1.54, 1.807) is 6.08 Å². The standard InChI is InChI=1S/C21H25N/c1-21(2,3)15-8-5-9-16-22(4)17-19-13-10-12-18-11-6-7-14-20(18)19/h5-7,9-14H,16-17H2,1-4H3/i6D,7D,10D,11D,12D,13D,14D. The molecule has 0 saturated heterocycles. The van der Waals surface area contributed by atoms with Crippen molar-refractivity contribution in [2.45, 2.75) is 27.3 Å². The van der Waals surface area contributed by atoms with Crippen LogP contribution < -0.4 is 0 Å². The van der Waals surface area contributed by atoms with Crippen molar-refractivity contribution in [3.05, 3.63) is 60.0 Å². The molecule has 2 rings (SSSR count). The van der Waals surface area contributed by atoms with E-state index in [9.17, 15) is 0 Å². The molecule has 0 fully saturated rings. The molecule has 0 unspecified atom stereocenters. The minimum absolute atomic E-state index is 0.00742. The van der Waals surface area contributed by atoms with E-state index in [1.807, 2.05) is 38.8 Å². The van der Waals surface area contributed by atoms with Gasteiger partial charge in [-0.15, -0.1) is 0 Å². The summed E-state index contributed by atoms with van der Waals surface area (Å²) in [6, 6.07) is -2.33. The summed E-state index contributed by atoms with van der Waals surface area (Å²) in [7, 11) is 1.82. The van der Waals surface area contributed by atoms with Gasteiger partial charge >= 0.3 is 0 Å². The molecule has 114 valence electrons. The van der Waals surface area contributed by atoms with Gasteiger partial charge < -0.3 is 0 Å². The van der Waals surface area contributed by atoms with E-state index < -0.39 is 12.1 Å². The highest BCUT2D eigenvalue weighted by Gasteiger charge is 2.03. The molecular formula is C21H25N. The summed E-state index contributed by atoms with van der Waals surface area (Å²) in [5.74, 6) is 6.09. The third-order valence-electron chi connectivity index (χ3n) is 2.88. The van der Waals surface area contributed by atoms with E-state index in [0.29, 0.717) is 12.1 Å². The lowest BCUT2D eigenvalue weighted by Gasteiger charge is -2.15. The third-order valence-corrected chi connectivity index (χ3v) is 2.88. The Morgan fingerprint density at radius 2 is 1.86 bits per heavy atom. The Morgan fingerprint density at radius 1 is 1.14 bits per heavy atom. The van der Waals surface area contributed by atoms with E-state index in [-0.39, 0.29) is 52.9 Å². The Labute approximate surface area is 144 Å². The second kappa shape index (κ2) is 7.29. The van der Waals surface area contributed by atoms with Crippen LogP contribution in [-0.4, -0.2) is 18.5 Å². The van der Waals surface area contributed by atoms with E-state index >= 15 is 0 Å². The Kier molecular flexibility index (Phi) is 3.04. The number of benzene rings is 2. The van der Waals surface area contributed by atoms with Gasteiger partial charge in [-0.05, 0) is 50.2 Å². The maximum absolute atomic E-state index is 8.29. The van der Waals surface area contributed by atoms with Crippen LogP contribution in [0.2, 0.25) is 0 Å². The number of nitrogens with zero attached hydrogens (tertiary/aromatic N) is 1. The highest BCUT2D eigenvalue weighted by molar-refractivity contribution is 5.85. The normalized spacial score (nSPS) is 16.3. The van der Waals surface area contributed by atoms with Crippen molar-refractivity contribution in [2.24, 2.45) is 5.41 Å². The Balaban J connectivity index is 2.48. The molecule has 0 radical (unpaired) electrons. The molecule has 2 aromatic rings. The maximum Gasteiger partial charge on any atom is 0.0629 e. The fraction of sp³-hybridized carbons (Fsp3) is 0.333. The number of likely N-dealkylation sites (N-methyl/N-ethyl adjacent to an activating group) is 1. The number of hydrogen-bond donors (Lipinski definition) is 0. The minimum Gasteiger partial charge on any atom is -0.298 e. The summed E-state index contributed by atoms with van der Waals surface area (Å²) in [4.78, 5) is 1.87. The fourth-order valence-corrected chi connectivity index (χ4v) is 1.87. The molecule has 0 amide bonds. The number of fused-ring (bicyclic) bond motifs is 1. The maximum atomic E-state index is 8.29. The first-order valence-corrected chi connectivity index (χ1v) is 7.21. The van der Waals surface area contributed by atoms with Crippen LogP contribution in [0, 0.1) is 17.3 Å². The lowest BCUT2D eigenvalue weighted by Crippen LogP contribution is -2.17. The van der Waals surface area contributed by atoms with Gasteiger partial charge in [0.05, 0.1) is 9.60 Å². The van der Waals surface area contributed by atoms with Gasteiger partial charge in [-0.1, -0.05) is 60.2 Å². The van der Waals surface area contributed by atoms with Crippen LogP contribution in [0.4, 0.5) is 0 Å². The predicted molar refractivity (Wildman–Crippen MR) is 96.7 cm³/mol. The van der Waals surface area contributed by atoms with Crippen LogP contribution in [0.5, 0.6) is 0 Å². The van der Waals surface area contributed by atoms with Crippen molar-refractivity contribution >= 4 is 10.8 Å². The zero-order chi connectivity index (χ0) is 22.1. The third kappa shape index (κ3) is 5.06. The summed E-state index contributed by atoms with van der Waals surface area (Å²) >= 11 is 0. The van der Waals surface area contributed by atoms with Crippen LogP contribution in [0.25, 0.3) is 10.8 Å². The second-order valence-electron chi connectivity index (χ2n) is 6.22. The average Bonchev–Trinajstić information content (AvgIpc) is 2.63. The van der Waals surface area contributed by atoms with Crippen LogP contribution in [0.15, 0.2) is 54.4 Å². The molecule has 0 N–H and O–H groups in total. The molecule has 0 aromatic heterocycles. The zero-order valence-electron chi connectivity index (χ0n) is 20.5. The molecule has 0 atom stereocenters. The Bertz CT molecular complexity index is 1030. The van der Waals surface area contributed by atoms with Gasteiger partial charge in [-0.2, -0.15) is 0 Å². The predicted octanol–water partition coefficient (Wildman–Crippen LogP) is 4.88. The van der Waals surface area contributed by atoms with Gasteiger partial charge in [0.1, 0.15) is 0 Å². The van der Waals surface area contributed by atoms with Crippen molar-refractivity contribution < 1.29 is 9.60 Å². The van der Waals surface area contributed by atoms with Crippen molar-refractivity contribution in [2.75, 3.05) is 13.6 Å². The number of hydrogen-bond acceptors (Lipinski definition) is 1. The van der Waals surface area contributed by atoms with Crippen molar-refractivity contribution in [3.8, 4) is 11.8 Å². The summed E-state index contributed by atoms with van der Waals surface area (Å²) < 4.78 is 56.7. The van der Waals surface area contributed by atoms with Gasteiger partial charge in [0.25, 0.3) is 0 Å². The number of rotatable bonds is 4. The SMILES string of the molecule is [2H]c1c([2H])c([2H])c2c(CN(C)CC=CC#CC(C)(C)C)c([2H])c([2H])c([2H])c2c1[2H]. The molecule has 0 saturated carbocycles. The molecule has 2 aromatic carbocycles. The van der Waals surface area contributed by atoms with Crippen LogP contribution in [-0.2, 0) is 6.54 Å². The topological polar surface area (TPSA) is 3.24 Å². The van der Waals surface area contributed by atoms with Gasteiger partial charge in [-0.25, -0.2) is 0 Å². The van der Waals surface area contributed by atoms with E-state index in [2.05, 4.69) is 11.8 Å². The summed E-state index contributed by atoms with van der Waals surface area (Å²) in [5, 5.41) is 0.136. The highest BCUT2D eigenvalue weighted by atomic mass is 15.1.